The van der Waals surface area contributed by atoms with Crippen molar-refractivity contribution in [3.05, 3.63) is 60.2 Å². The van der Waals surface area contributed by atoms with Gasteiger partial charge in [0, 0.05) is 57.0 Å². The van der Waals surface area contributed by atoms with E-state index in [0.717, 1.165) is 63.8 Å². The molecule has 0 bridgehead atoms. The Balaban J connectivity index is 0.00000289. The first-order valence-electron chi connectivity index (χ1n) is 11.2. The van der Waals surface area contributed by atoms with E-state index in [-0.39, 0.29) is 29.4 Å². The molecule has 0 spiro atoms. The SMILES string of the molecule is CN=C(NCC1(c2ccc(OC)cc2)CCOCC1)NC1CCN(c2ccccc2)C1.I. The van der Waals surface area contributed by atoms with Crippen molar-refractivity contribution in [2.45, 2.75) is 30.7 Å². The number of nitrogens with zero attached hydrogens (tertiary/aromatic N) is 2. The third kappa shape index (κ3) is 5.86. The summed E-state index contributed by atoms with van der Waals surface area (Å²) in [7, 11) is 3.56. The summed E-state index contributed by atoms with van der Waals surface area (Å²) in [5, 5.41) is 7.26. The molecule has 174 valence electrons. The molecule has 2 saturated heterocycles. The fraction of sp³-hybridized carbons (Fsp3) is 0.480. The van der Waals surface area contributed by atoms with Gasteiger partial charge in [-0.25, -0.2) is 0 Å². The predicted molar refractivity (Wildman–Crippen MR) is 142 cm³/mol. The smallest absolute Gasteiger partial charge is 0.191 e. The number of ether oxygens (including phenoxy) is 2. The largest absolute Gasteiger partial charge is 0.497 e. The molecule has 0 aromatic heterocycles. The van der Waals surface area contributed by atoms with Gasteiger partial charge in [0.2, 0.25) is 0 Å². The molecule has 2 aromatic rings. The minimum atomic E-state index is 0. The molecule has 0 amide bonds. The average molecular weight is 550 g/mol. The summed E-state index contributed by atoms with van der Waals surface area (Å²) < 4.78 is 11.0. The van der Waals surface area contributed by atoms with Gasteiger partial charge in [0.05, 0.1) is 7.11 Å². The Labute approximate surface area is 208 Å². The summed E-state index contributed by atoms with van der Waals surface area (Å²) >= 11 is 0. The molecule has 2 aliphatic rings. The summed E-state index contributed by atoms with van der Waals surface area (Å²) in [5.74, 6) is 1.76. The normalized spacial score (nSPS) is 20.4. The van der Waals surface area contributed by atoms with Crippen molar-refractivity contribution >= 4 is 35.6 Å². The van der Waals surface area contributed by atoms with E-state index in [2.05, 4.69) is 75.1 Å². The van der Waals surface area contributed by atoms with Crippen LogP contribution in [0.25, 0.3) is 0 Å². The van der Waals surface area contributed by atoms with Crippen LogP contribution in [-0.4, -0.2) is 59.0 Å². The fourth-order valence-corrected chi connectivity index (χ4v) is 4.67. The van der Waals surface area contributed by atoms with Crippen molar-refractivity contribution in [1.29, 1.82) is 0 Å². The Morgan fingerprint density at radius 1 is 1.12 bits per heavy atom. The van der Waals surface area contributed by atoms with E-state index in [1.807, 2.05) is 7.05 Å². The first kappa shape index (κ1) is 24.6. The summed E-state index contributed by atoms with van der Waals surface area (Å²) in [4.78, 5) is 6.94. The molecule has 0 radical (unpaired) electrons. The topological polar surface area (TPSA) is 58.1 Å². The number of hydrogen-bond acceptors (Lipinski definition) is 4. The summed E-state index contributed by atoms with van der Waals surface area (Å²) in [6, 6.07) is 19.5. The van der Waals surface area contributed by atoms with E-state index in [1.165, 1.54) is 11.3 Å². The monoisotopic (exact) mass is 550 g/mol. The third-order valence-electron chi connectivity index (χ3n) is 6.62. The molecule has 32 heavy (non-hydrogen) atoms. The van der Waals surface area contributed by atoms with Gasteiger partial charge in [-0.3, -0.25) is 4.99 Å². The lowest BCUT2D eigenvalue weighted by molar-refractivity contribution is 0.0513. The van der Waals surface area contributed by atoms with Crippen molar-refractivity contribution in [2.24, 2.45) is 4.99 Å². The minimum absolute atomic E-state index is 0. The van der Waals surface area contributed by atoms with Crippen molar-refractivity contribution < 1.29 is 9.47 Å². The lowest BCUT2D eigenvalue weighted by atomic mass is 9.74. The van der Waals surface area contributed by atoms with Crippen LogP contribution in [0.5, 0.6) is 5.75 Å². The maximum atomic E-state index is 5.68. The van der Waals surface area contributed by atoms with Gasteiger partial charge in [-0.15, -0.1) is 24.0 Å². The van der Waals surface area contributed by atoms with E-state index >= 15 is 0 Å². The van der Waals surface area contributed by atoms with Gasteiger partial charge in [-0.2, -0.15) is 0 Å². The molecule has 0 saturated carbocycles. The van der Waals surface area contributed by atoms with Crippen LogP contribution in [0.3, 0.4) is 0 Å². The van der Waals surface area contributed by atoms with Crippen molar-refractivity contribution in [3.8, 4) is 5.75 Å². The number of anilines is 1. The Morgan fingerprint density at radius 2 is 1.84 bits per heavy atom. The zero-order chi connectivity index (χ0) is 21.5. The molecule has 0 aliphatic carbocycles. The average Bonchev–Trinajstić information content (AvgIpc) is 3.31. The highest BCUT2D eigenvalue weighted by molar-refractivity contribution is 14.0. The van der Waals surface area contributed by atoms with E-state index in [9.17, 15) is 0 Å². The second-order valence-electron chi connectivity index (χ2n) is 8.46. The number of aliphatic imine (C=N–C) groups is 1. The molecule has 7 heteroatoms. The highest BCUT2D eigenvalue weighted by atomic mass is 127. The lowest BCUT2D eigenvalue weighted by Crippen LogP contribution is -2.50. The molecular weight excluding hydrogens is 515 g/mol. The molecule has 1 unspecified atom stereocenters. The fourth-order valence-electron chi connectivity index (χ4n) is 4.67. The zero-order valence-corrected chi connectivity index (χ0v) is 21.4. The Morgan fingerprint density at radius 3 is 2.50 bits per heavy atom. The molecule has 2 N–H and O–H groups in total. The molecule has 6 nitrogen and oxygen atoms in total. The summed E-state index contributed by atoms with van der Waals surface area (Å²) in [5.41, 5.74) is 2.65. The Hall–Kier alpha value is -2.00. The highest BCUT2D eigenvalue weighted by Crippen LogP contribution is 2.35. The second-order valence-corrected chi connectivity index (χ2v) is 8.46. The van der Waals surface area contributed by atoms with Crippen LogP contribution in [0.15, 0.2) is 59.6 Å². The molecule has 4 rings (SSSR count). The number of para-hydroxylation sites is 1. The zero-order valence-electron chi connectivity index (χ0n) is 19.0. The molecule has 2 fully saturated rings. The third-order valence-corrected chi connectivity index (χ3v) is 6.62. The van der Waals surface area contributed by atoms with Gasteiger partial charge in [-0.05, 0) is 49.1 Å². The van der Waals surface area contributed by atoms with Gasteiger partial charge in [0.1, 0.15) is 5.75 Å². The first-order chi connectivity index (χ1) is 15.2. The lowest BCUT2D eigenvalue weighted by Gasteiger charge is -2.38. The maximum absolute atomic E-state index is 5.68. The molecule has 2 aliphatic heterocycles. The van der Waals surface area contributed by atoms with Crippen LogP contribution in [-0.2, 0) is 10.2 Å². The Bertz CT molecular complexity index is 854. The van der Waals surface area contributed by atoms with Crippen LogP contribution >= 0.6 is 24.0 Å². The Kier molecular flexibility index (Phi) is 9.04. The van der Waals surface area contributed by atoms with Crippen molar-refractivity contribution in [1.82, 2.24) is 10.6 Å². The van der Waals surface area contributed by atoms with Crippen LogP contribution in [0, 0.1) is 0 Å². The van der Waals surface area contributed by atoms with E-state index in [4.69, 9.17) is 9.47 Å². The summed E-state index contributed by atoms with van der Waals surface area (Å²) in [6.07, 6.45) is 3.09. The van der Waals surface area contributed by atoms with Crippen LogP contribution in [0.1, 0.15) is 24.8 Å². The number of nitrogens with one attached hydrogen (secondary N) is 2. The quantitative estimate of drug-likeness (QED) is 0.326. The van der Waals surface area contributed by atoms with Gasteiger partial charge in [0.15, 0.2) is 5.96 Å². The van der Waals surface area contributed by atoms with Crippen LogP contribution in [0.2, 0.25) is 0 Å². The highest BCUT2D eigenvalue weighted by Gasteiger charge is 2.35. The maximum Gasteiger partial charge on any atom is 0.191 e. The van der Waals surface area contributed by atoms with E-state index < -0.39 is 0 Å². The molecule has 2 aromatic carbocycles. The van der Waals surface area contributed by atoms with Crippen LogP contribution in [0.4, 0.5) is 5.69 Å². The summed E-state index contributed by atoms with van der Waals surface area (Å²) in [6.45, 7) is 4.45. The minimum Gasteiger partial charge on any atom is -0.497 e. The number of rotatable bonds is 6. The van der Waals surface area contributed by atoms with Crippen molar-refractivity contribution in [3.63, 3.8) is 0 Å². The van der Waals surface area contributed by atoms with E-state index in [1.54, 1.807) is 7.11 Å². The van der Waals surface area contributed by atoms with Gasteiger partial charge in [-0.1, -0.05) is 30.3 Å². The molecule has 1 atom stereocenters. The molecule has 2 heterocycles. The number of benzene rings is 2. The number of guanidine groups is 1. The molecular formula is C25H35IN4O2. The van der Waals surface area contributed by atoms with Gasteiger partial charge in [0.25, 0.3) is 0 Å². The van der Waals surface area contributed by atoms with Crippen molar-refractivity contribution in [2.75, 3.05) is 51.9 Å². The number of halogens is 1. The first-order valence-corrected chi connectivity index (χ1v) is 11.2. The number of hydrogen-bond donors (Lipinski definition) is 2. The van der Waals surface area contributed by atoms with Gasteiger partial charge >= 0.3 is 0 Å². The van der Waals surface area contributed by atoms with Gasteiger partial charge < -0.3 is 25.0 Å². The predicted octanol–water partition coefficient (Wildman–Crippen LogP) is 3.81. The van der Waals surface area contributed by atoms with E-state index in [0.29, 0.717) is 6.04 Å². The number of methoxy groups -OCH3 is 1. The standard InChI is InChI=1S/C25H34N4O2.HI/c1-26-24(28-21-12-15-29(18-21)22-6-4-3-5-7-22)27-19-25(13-16-31-17-14-25)20-8-10-23(30-2)11-9-20;/h3-11,21H,12-19H2,1-2H3,(H2,26,27,28);1H. The van der Waals surface area contributed by atoms with Crippen LogP contribution < -0.4 is 20.3 Å². The second kappa shape index (κ2) is 11.7.